The SMILES string of the molecule is O=C(CCCc1ccccc1)NCCc1noc([C@@H]2CCCO2)n1. The van der Waals surface area contributed by atoms with E-state index in [1.807, 2.05) is 18.2 Å². The van der Waals surface area contributed by atoms with Gasteiger partial charge in [0, 0.05) is 26.0 Å². The van der Waals surface area contributed by atoms with Crippen molar-refractivity contribution in [3.63, 3.8) is 0 Å². The lowest BCUT2D eigenvalue weighted by Gasteiger charge is -2.04. The average molecular weight is 329 g/mol. The topological polar surface area (TPSA) is 77.2 Å². The Labute approximate surface area is 141 Å². The fourth-order valence-electron chi connectivity index (χ4n) is 2.77. The third kappa shape index (κ3) is 4.89. The zero-order chi connectivity index (χ0) is 16.6. The maximum absolute atomic E-state index is 11.8. The van der Waals surface area contributed by atoms with Crippen LogP contribution in [0.2, 0.25) is 0 Å². The van der Waals surface area contributed by atoms with E-state index < -0.39 is 0 Å². The van der Waals surface area contributed by atoms with Crippen molar-refractivity contribution in [1.29, 1.82) is 0 Å². The third-order valence-electron chi connectivity index (χ3n) is 4.07. The predicted octanol–water partition coefficient (Wildman–Crippen LogP) is 2.60. The van der Waals surface area contributed by atoms with Gasteiger partial charge in [0.25, 0.3) is 5.89 Å². The lowest BCUT2D eigenvalue weighted by Crippen LogP contribution is -2.25. The second kappa shape index (κ2) is 8.59. The molecule has 6 nitrogen and oxygen atoms in total. The van der Waals surface area contributed by atoms with Gasteiger partial charge in [-0.25, -0.2) is 0 Å². The van der Waals surface area contributed by atoms with Crippen molar-refractivity contribution in [1.82, 2.24) is 15.5 Å². The number of aryl methyl sites for hydroxylation is 1. The molecule has 2 heterocycles. The van der Waals surface area contributed by atoms with E-state index in [4.69, 9.17) is 9.26 Å². The van der Waals surface area contributed by atoms with Gasteiger partial charge in [0.05, 0.1) is 0 Å². The van der Waals surface area contributed by atoms with Crippen LogP contribution in [0.4, 0.5) is 0 Å². The van der Waals surface area contributed by atoms with E-state index in [2.05, 4.69) is 27.6 Å². The molecule has 24 heavy (non-hydrogen) atoms. The second-order valence-electron chi connectivity index (χ2n) is 5.99. The fourth-order valence-corrected chi connectivity index (χ4v) is 2.77. The van der Waals surface area contributed by atoms with Gasteiger partial charge < -0.3 is 14.6 Å². The van der Waals surface area contributed by atoms with Crippen molar-refractivity contribution < 1.29 is 14.1 Å². The summed E-state index contributed by atoms with van der Waals surface area (Å²) in [5, 5.41) is 6.85. The summed E-state index contributed by atoms with van der Waals surface area (Å²) in [6, 6.07) is 10.2. The lowest BCUT2D eigenvalue weighted by atomic mass is 10.1. The summed E-state index contributed by atoms with van der Waals surface area (Å²) in [5.74, 6) is 1.23. The summed E-state index contributed by atoms with van der Waals surface area (Å²) < 4.78 is 10.7. The minimum absolute atomic E-state index is 0.0566. The highest BCUT2D eigenvalue weighted by atomic mass is 16.5. The Bertz CT molecular complexity index is 636. The number of ether oxygens (including phenoxy) is 1. The van der Waals surface area contributed by atoms with Gasteiger partial charge in [-0.05, 0) is 31.2 Å². The van der Waals surface area contributed by atoms with Crippen molar-refractivity contribution in [2.24, 2.45) is 0 Å². The van der Waals surface area contributed by atoms with Gasteiger partial charge in [-0.2, -0.15) is 4.98 Å². The molecule has 0 unspecified atom stereocenters. The number of hydrogen-bond acceptors (Lipinski definition) is 5. The number of amides is 1. The number of carbonyl (C=O) groups is 1. The Kier molecular flexibility index (Phi) is 5.96. The van der Waals surface area contributed by atoms with E-state index in [0.717, 1.165) is 32.3 Å². The maximum atomic E-state index is 11.8. The Morgan fingerprint density at radius 3 is 2.92 bits per heavy atom. The molecular weight excluding hydrogens is 306 g/mol. The Balaban J connectivity index is 1.32. The van der Waals surface area contributed by atoms with Crippen LogP contribution in [-0.4, -0.2) is 29.2 Å². The molecule has 3 rings (SSSR count). The van der Waals surface area contributed by atoms with E-state index in [1.54, 1.807) is 0 Å². The zero-order valence-electron chi connectivity index (χ0n) is 13.7. The van der Waals surface area contributed by atoms with E-state index in [1.165, 1.54) is 5.56 Å². The van der Waals surface area contributed by atoms with Crippen molar-refractivity contribution in [3.8, 4) is 0 Å². The van der Waals surface area contributed by atoms with Gasteiger partial charge in [0.15, 0.2) is 5.82 Å². The van der Waals surface area contributed by atoms with Crippen molar-refractivity contribution >= 4 is 5.91 Å². The van der Waals surface area contributed by atoms with Gasteiger partial charge in [0.2, 0.25) is 5.91 Å². The van der Waals surface area contributed by atoms with Gasteiger partial charge in [-0.15, -0.1) is 0 Å². The quantitative estimate of drug-likeness (QED) is 0.805. The van der Waals surface area contributed by atoms with Crippen molar-refractivity contribution in [3.05, 3.63) is 47.6 Å². The second-order valence-corrected chi connectivity index (χ2v) is 5.99. The molecule has 1 fully saturated rings. The molecule has 1 N–H and O–H groups in total. The standard InChI is InChI=1S/C18H23N3O3/c22-17(10-4-8-14-6-2-1-3-7-14)19-12-11-16-20-18(24-21-16)15-9-5-13-23-15/h1-3,6-7,15H,4-5,8-13H2,(H,19,22)/t15-/m0/s1. The van der Waals surface area contributed by atoms with Crippen LogP contribution in [0.25, 0.3) is 0 Å². The molecule has 6 heteroatoms. The summed E-state index contributed by atoms with van der Waals surface area (Å²) in [6.45, 7) is 1.27. The van der Waals surface area contributed by atoms with E-state index in [-0.39, 0.29) is 12.0 Å². The fraction of sp³-hybridized carbons (Fsp3) is 0.500. The minimum Gasteiger partial charge on any atom is -0.368 e. The minimum atomic E-state index is -0.0566. The molecule has 1 aromatic heterocycles. The Morgan fingerprint density at radius 2 is 2.12 bits per heavy atom. The molecule has 0 bridgehead atoms. The summed E-state index contributed by atoms with van der Waals surface area (Å²) in [7, 11) is 0. The molecule has 0 spiro atoms. The molecule has 2 aromatic rings. The molecule has 1 amide bonds. The highest BCUT2D eigenvalue weighted by molar-refractivity contribution is 5.75. The van der Waals surface area contributed by atoms with Gasteiger partial charge in [-0.1, -0.05) is 35.5 Å². The molecule has 0 radical (unpaired) electrons. The molecule has 1 aliphatic rings. The molecule has 1 aliphatic heterocycles. The van der Waals surface area contributed by atoms with Crippen LogP contribution in [0.15, 0.2) is 34.9 Å². The molecule has 1 aromatic carbocycles. The monoisotopic (exact) mass is 329 g/mol. The lowest BCUT2D eigenvalue weighted by molar-refractivity contribution is -0.121. The van der Waals surface area contributed by atoms with Crippen LogP contribution in [0.5, 0.6) is 0 Å². The largest absolute Gasteiger partial charge is 0.368 e. The number of nitrogens with zero attached hydrogens (tertiary/aromatic N) is 2. The molecule has 0 saturated carbocycles. The first-order chi connectivity index (χ1) is 11.8. The molecule has 0 aliphatic carbocycles. The van der Waals surface area contributed by atoms with Crippen LogP contribution in [0.1, 0.15) is 49.1 Å². The molecule has 128 valence electrons. The molecule has 1 saturated heterocycles. The number of aromatic nitrogens is 2. The van der Waals surface area contributed by atoms with Crippen LogP contribution < -0.4 is 5.32 Å². The third-order valence-corrected chi connectivity index (χ3v) is 4.07. The summed E-state index contributed by atoms with van der Waals surface area (Å²) in [5.41, 5.74) is 1.26. The first-order valence-electron chi connectivity index (χ1n) is 8.56. The normalized spacial score (nSPS) is 17.1. The van der Waals surface area contributed by atoms with E-state index in [9.17, 15) is 4.79 Å². The number of carbonyl (C=O) groups excluding carboxylic acids is 1. The highest BCUT2D eigenvalue weighted by Gasteiger charge is 2.23. The number of rotatable bonds is 8. The first kappa shape index (κ1) is 16.6. The summed E-state index contributed by atoms with van der Waals surface area (Å²) in [4.78, 5) is 16.2. The van der Waals surface area contributed by atoms with E-state index in [0.29, 0.717) is 31.1 Å². The summed E-state index contributed by atoms with van der Waals surface area (Å²) in [6.07, 6.45) is 4.77. The Morgan fingerprint density at radius 1 is 1.25 bits per heavy atom. The van der Waals surface area contributed by atoms with Crippen molar-refractivity contribution in [2.75, 3.05) is 13.2 Å². The van der Waals surface area contributed by atoms with Crippen molar-refractivity contribution in [2.45, 2.75) is 44.6 Å². The van der Waals surface area contributed by atoms with Crippen LogP contribution in [0.3, 0.4) is 0 Å². The van der Waals surface area contributed by atoms with Gasteiger partial charge >= 0.3 is 0 Å². The number of benzene rings is 1. The zero-order valence-corrected chi connectivity index (χ0v) is 13.7. The Hall–Kier alpha value is -2.21. The molecular formula is C18H23N3O3. The summed E-state index contributed by atoms with van der Waals surface area (Å²) >= 11 is 0. The average Bonchev–Trinajstić information content (AvgIpc) is 3.27. The smallest absolute Gasteiger partial charge is 0.255 e. The number of hydrogen-bond donors (Lipinski definition) is 1. The van der Waals surface area contributed by atoms with Crippen LogP contribution in [-0.2, 0) is 22.4 Å². The maximum Gasteiger partial charge on any atom is 0.255 e. The van der Waals surface area contributed by atoms with Gasteiger partial charge in [-0.3, -0.25) is 4.79 Å². The highest BCUT2D eigenvalue weighted by Crippen LogP contribution is 2.26. The predicted molar refractivity (Wildman–Crippen MR) is 88.3 cm³/mol. The first-order valence-corrected chi connectivity index (χ1v) is 8.56. The molecule has 1 atom stereocenters. The van der Waals surface area contributed by atoms with Gasteiger partial charge in [0.1, 0.15) is 6.10 Å². The van der Waals surface area contributed by atoms with Crippen LogP contribution >= 0.6 is 0 Å². The number of nitrogens with one attached hydrogen (secondary N) is 1. The van der Waals surface area contributed by atoms with E-state index >= 15 is 0 Å². The van der Waals surface area contributed by atoms with Crippen LogP contribution in [0, 0.1) is 0 Å².